The number of carbonyl (C=O) groups excluding carboxylic acids is 2. The summed E-state index contributed by atoms with van der Waals surface area (Å²) in [6, 6.07) is 9.87. The maximum atomic E-state index is 14.2. The van der Waals surface area contributed by atoms with Crippen molar-refractivity contribution in [2.45, 2.75) is 57.0 Å². The molecule has 0 spiro atoms. The molecule has 4 N–H and O–H groups in total. The largest absolute Gasteiger partial charge is 0.381 e. The molecule has 2 amide bonds. The summed E-state index contributed by atoms with van der Waals surface area (Å²) >= 11 is 0. The van der Waals surface area contributed by atoms with Crippen molar-refractivity contribution in [1.29, 1.82) is 0 Å². The molecule has 2 aliphatic carbocycles. The van der Waals surface area contributed by atoms with Gasteiger partial charge in [-0.15, -0.1) is 0 Å². The molecule has 6 nitrogen and oxygen atoms in total. The van der Waals surface area contributed by atoms with Crippen molar-refractivity contribution in [2.75, 3.05) is 21.3 Å². The lowest BCUT2D eigenvalue weighted by Gasteiger charge is -2.14. The zero-order valence-corrected chi connectivity index (χ0v) is 17.1. The molecule has 0 atom stereocenters. The summed E-state index contributed by atoms with van der Waals surface area (Å²) in [5.41, 5.74) is 1.38. The Balaban J connectivity index is 1.27. The van der Waals surface area contributed by atoms with Crippen LogP contribution in [0.5, 0.6) is 0 Å². The fourth-order valence-corrected chi connectivity index (χ4v) is 3.25. The highest BCUT2D eigenvalue weighted by atomic mass is 19.1. The molecular weight excluding hydrogens is 402 g/mol. The molecule has 0 aliphatic heterocycles. The van der Waals surface area contributed by atoms with Gasteiger partial charge in [-0.3, -0.25) is 9.59 Å². The highest BCUT2D eigenvalue weighted by Crippen LogP contribution is 2.32. The van der Waals surface area contributed by atoms with Crippen LogP contribution in [-0.2, 0) is 9.59 Å². The maximum absolute atomic E-state index is 14.2. The molecule has 31 heavy (non-hydrogen) atoms. The minimum Gasteiger partial charge on any atom is -0.381 e. The van der Waals surface area contributed by atoms with Crippen LogP contribution in [0.1, 0.15) is 44.9 Å². The number of nitrogens with one attached hydrogen (secondary N) is 4. The lowest BCUT2D eigenvalue weighted by molar-refractivity contribution is -0.117. The van der Waals surface area contributed by atoms with E-state index >= 15 is 0 Å². The molecule has 0 bridgehead atoms. The van der Waals surface area contributed by atoms with E-state index in [0.29, 0.717) is 23.5 Å². The fourth-order valence-electron chi connectivity index (χ4n) is 3.25. The Hall–Kier alpha value is -3.16. The lowest BCUT2D eigenvalue weighted by Crippen LogP contribution is -2.18. The number of halogens is 2. The molecule has 0 heterocycles. The number of para-hydroxylation sites is 2. The second-order valence-electron chi connectivity index (χ2n) is 8.11. The third-order valence-electron chi connectivity index (χ3n) is 5.24. The first-order chi connectivity index (χ1) is 15.0. The quantitative estimate of drug-likeness (QED) is 0.436. The fraction of sp³-hybridized carbons (Fsp3) is 0.391. The van der Waals surface area contributed by atoms with Crippen LogP contribution < -0.4 is 21.3 Å². The third kappa shape index (κ3) is 5.93. The van der Waals surface area contributed by atoms with Gasteiger partial charge in [-0.25, -0.2) is 8.78 Å². The topological polar surface area (TPSA) is 82.3 Å². The molecule has 0 saturated heterocycles. The van der Waals surface area contributed by atoms with Gasteiger partial charge in [0, 0.05) is 24.9 Å². The van der Waals surface area contributed by atoms with Crippen molar-refractivity contribution < 1.29 is 18.4 Å². The van der Waals surface area contributed by atoms with Gasteiger partial charge in [0.25, 0.3) is 0 Å². The number of anilines is 4. The van der Waals surface area contributed by atoms with Crippen molar-refractivity contribution in [3.63, 3.8) is 0 Å². The minimum atomic E-state index is -0.507. The van der Waals surface area contributed by atoms with Crippen LogP contribution in [0.25, 0.3) is 0 Å². The van der Waals surface area contributed by atoms with E-state index < -0.39 is 11.6 Å². The monoisotopic (exact) mass is 428 g/mol. The average molecular weight is 428 g/mol. The van der Waals surface area contributed by atoms with E-state index in [2.05, 4.69) is 21.3 Å². The second kappa shape index (κ2) is 9.32. The summed E-state index contributed by atoms with van der Waals surface area (Å²) in [6.07, 6.45) is 4.47. The van der Waals surface area contributed by atoms with Gasteiger partial charge in [0.05, 0.1) is 11.4 Å². The average Bonchev–Trinajstić information content (AvgIpc) is 3.64. The second-order valence-corrected chi connectivity index (χ2v) is 8.11. The zero-order valence-electron chi connectivity index (χ0n) is 17.1. The number of amides is 2. The van der Waals surface area contributed by atoms with Gasteiger partial charge in [-0.1, -0.05) is 12.1 Å². The Morgan fingerprint density at radius 3 is 1.55 bits per heavy atom. The van der Waals surface area contributed by atoms with Crippen LogP contribution in [0, 0.1) is 11.6 Å². The van der Waals surface area contributed by atoms with E-state index in [0.717, 1.165) is 25.7 Å². The minimum absolute atomic E-state index is 0.0507. The van der Waals surface area contributed by atoms with Crippen LogP contribution in [0.15, 0.2) is 36.4 Å². The van der Waals surface area contributed by atoms with Crippen LogP contribution in [0.4, 0.5) is 31.5 Å². The van der Waals surface area contributed by atoms with Crippen LogP contribution in [0.3, 0.4) is 0 Å². The predicted octanol–water partition coefficient (Wildman–Crippen LogP) is 4.86. The van der Waals surface area contributed by atoms with E-state index in [1.807, 2.05) is 0 Å². The Morgan fingerprint density at radius 1 is 0.742 bits per heavy atom. The molecule has 0 unspecified atom stereocenters. The predicted molar refractivity (Wildman–Crippen MR) is 117 cm³/mol. The Bertz CT molecular complexity index is 897. The van der Waals surface area contributed by atoms with Gasteiger partial charge in [-0.05, 0) is 56.4 Å². The molecule has 2 aromatic rings. The van der Waals surface area contributed by atoms with Crippen molar-refractivity contribution >= 4 is 34.6 Å². The van der Waals surface area contributed by atoms with E-state index in [4.69, 9.17) is 0 Å². The standard InChI is InChI=1S/C23H26F2N4O2/c24-16-4-1-6-18(26-14-10-11-14)22(16)28-20(30)8-3-9-21(31)29-23-17(25)5-2-7-19(23)27-15-12-13-15/h1-2,4-7,14-15,26-27H,3,8-13H2,(H,28,30)(H,29,31). The Labute approximate surface area is 179 Å². The summed E-state index contributed by atoms with van der Waals surface area (Å²) in [5, 5.41) is 11.6. The third-order valence-corrected chi connectivity index (χ3v) is 5.24. The van der Waals surface area contributed by atoms with Crippen LogP contribution in [-0.4, -0.2) is 23.9 Å². The zero-order chi connectivity index (χ0) is 21.8. The van der Waals surface area contributed by atoms with E-state index in [-0.39, 0.29) is 42.5 Å². The molecule has 2 fully saturated rings. The SMILES string of the molecule is O=C(CCCC(=O)Nc1c(F)cccc1NC1CC1)Nc1c(F)cccc1NC1CC1. The summed E-state index contributed by atoms with van der Waals surface area (Å²) < 4.78 is 28.4. The molecular formula is C23H26F2N4O2. The first kappa shape index (κ1) is 21.1. The molecule has 2 aromatic carbocycles. The molecule has 2 aliphatic rings. The van der Waals surface area contributed by atoms with Gasteiger partial charge in [-0.2, -0.15) is 0 Å². The number of carbonyl (C=O) groups is 2. The molecule has 0 radical (unpaired) electrons. The Kier molecular flexibility index (Phi) is 6.34. The number of benzene rings is 2. The van der Waals surface area contributed by atoms with Gasteiger partial charge < -0.3 is 21.3 Å². The number of hydrogen-bond donors (Lipinski definition) is 4. The number of hydrogen-bond acceptors (Lipinski definition) is 4. The summed E-state index contributed by atoms with van der Waals surface area (Å²) in [4.78, 5) is 24.6. The van der Waals surface area contributed by atoms with Crippen molar-refractivity contribution in [3.05, 3.63) is 48.0 Å². The highest BCUT2D eigenvalue weighted by Gasteiger charge is 2.24. The van der Waals surface area contributed by atoms with Crippen LogP contribution in [0.2, 0.25) is 0 Å². The van der Waals surface area contributed by atoms with Crippen molar-refractivity contribution in [3.8, 4) is 0 Å². The van der Waals surface area contributed by atoms with Gasteiger partial charge in [0.2, 0.25) is 11.8 Å². The summed E-state index contributed by atoms with van der Waals surface area (Å²) in [5.74, 6) is -1.77. The molecule has 0 aromatic heterocycles. The number of rotatable bonds is 10. The van der Waals surface area contributed by atoms with Crippen LogP contribution >= 0.6 is 0 Å². The summed E-state index contributed by atoms with van der Waals surface area (Å²) in [6.45, 7) is 0. The first-order valence-electron chi connectivity index (χ1n) is 10.7. The van der Waals surface area contributed by atoms with Gasteiger partial charge >= 0.3 is 0 Å². The molecule has 164 valence electrons. The normalized spacial score (nSPS) is 15.3. The smallest absolute Gasteiger partial charge is 0.224 e. The van der Waals surface area contributed by atoms with E-state index in [9.17, 15) is 18.4 Å². The van der Waals surface area contributed by atoms with Crippen molar-refractivity contribution in [1.82, 2.24) is 0 Å². The lowest BCUT2D eigenvalue weighted by atomic mass is 10.2. The maximum Gasteiger partial charge on any atom is 0.224 e. The van der Waals surface area contributed by atoms with E-state index in [1.54, 1.807) is 24.3 Å². The van der Waals surface area contributed by atoms with Gasteiger partial charge in [0.15, 0.2) is 0 Å². The van der Waals surface area contributed by atoms with Crippen molar-refractivity contribution in [2.24, 2.45) is 0 Å². The Morgan fingerprint density at radius 2 is 1.16 bits per heavy atom. The molecule has 8 heteroatoms. The summed E-state index contributed by atoms with van der Waals surface area (Å²) in [7, 11) is 0. The molecule has 2 saturated carbocycles. The molecule has 4 rings (SSSR count). The first-order valence-corrected chi connectivity index (χ1v) is 10.7. The van der Waals surface area contributed by atoms with E-state index in [1.165, 1.54) is 12.1 Å². The van der Waals surface area contributed by atoms with Gasteiger partial charge in [0.1, 0.15) is 23.0 Å². The highest BCUT2D eigenvalue weighted by molar-refractivity contribution is 5.96.